The van der Waals surface area contributed by atoms with E-state index in [-0.39, 0.29) is 5.91 Å². The average Bonchev–Trinajstić information content (AvgIpc) is 2.46. The molecule has 4 heteroatoms. The largest absolute Gasteiger partial charge is 0.353 e. The van der Waals surface area contributed by atoms with Crippen molar-refractivity contribution in [1.82, 2.24) is 10.3 Å². The average molecular weight is 278 g/mol. The second-order valence-corrected chi connectivity index (χ2v) is 6.29. The molecule has 2 atom stereocenters. The number of amides is 1. The fraction of sp³-hybridized carbons (Fsp3) is 0.600. The van der Waals surface area contributed by atoms with Crippen molar-refractivity contribution in [1.29, 1.82) is 0 Å². The highest BCUT2D eigenvalue weighted by Crippen LogP contribution is 2.26. The molecule has 1 aliphatic carbocycles. The second-order valence-electron chi connectivity index (χ2n) is 5.15. The monoisotopic (exact) mass is 278 g/mol. The van der Waals surface area contributed by atoms with E-state index >= 15 is 0 Å². The van der Waals surface area contributed by atoms with Crippen LogP contribution in [0.4, 0.5) is 0 Å². The van der Waals surface area contributed by atoms with Gasteiger partial charge in [0, 0.05) is 30.1 Å². The Hall–Kier alpha value is -1.03. The third-order valence-corrected chi connectivity index (χ3v) is 4.78. The number of aryl methyl sites for hydroxylation is 1. The summed E-state index contributed by atoms with van der Waals surface area (Å²) in [4.78, 5) is 16.0. The lowest BCUT2D eigenvalue weighted by atomic mass is 9.95. The highest BCUT2D eigenvalue weighted by Gasteiger charge is 2.22. The van der Waals surface area contributed by atoms with Gasteiger partial charge in [-0.05, 0) is 43.6 Å². The van der Waals surface area contributed by atoms with Gasteiger partial charge in [-0.1, -0.05) is 12.5 Å². The molecule has 1 amide bonds. The van der Waals surface area contributed by atoms with Gasteiger partial charge < -0.3 is 5.32 Å². The molecule has 0 aliphatic heterocycles. The van der Waals surface area contributed by atoms with Gasteiger partial charge in [0.25, 0.3) is 0 Å². The molecule has 2 rings (SSSR count). The second kappa shape index (κ2) is 7.53. The summed E-state index contributed by atoms with van der Waals surface area (Å²) in [5.41, 5.74) is 1.13. The summed E-state index contributed by atoms with van der Waals surface area (Å²) >= 11 is 1.93. The number of rotatable bonds is 5. The lowest BCUT2D eigenvalue weighted by Crippen LogP contribution is -2.39. The number of aromatic nitrogens is 1. The first-order valence-electron chi connectivity index (χ1n) is 6.99. The number of carbonyl (C=O) groups is 1. The van der Waals surface area contributed by atoms with Gasteiger partial charge in [-0.15, -0.1) is 0 Å². The zero-order valence-electron chi connectivity index (χ0n) is 11.5. The SMILES string of the molecule is CSC1CCCC(NC(=O)CCc2cccnc2)C1. The normalized spacial score (nSPS) is 23.0. The standard InChI is InChI=1S/C15H22N2OS/c1-19-14-6-2-5-13(10-14)17-15(18)8-7-12-4-3-9-16-11-12/h3-4,9,11,13-14H,2,5-8,10H2,1H3,(H,17,18). The van der Waals surface area contributed by atoms with Gasteiger partial charge in [0.1, 0.15) is 0 Å². The van der Waals surface area contributed by atoms with Crippen molar-refractivity contribution in [2.75, 3.05) is 6.26 Å². The Morgan fingerprint density at radius 3 is 3.16 bits per heavy atom. The summed E-state index contributed by atoms with van der Waals surface area (Å²) in [5.74, 6) is 0.176. The highest BCUT2D eigenvalue weighted by molar-refractivity contribution is 7.99. The van der Waals surface area contributed by atoms with Crippen molar-refractivity contribution in [3.05, 3.63) is 30.1 Å². The van der Waals surface area contributed by atoms with Gasteiger partial charge in [-0.3, -0.25) is 9.78 Å². The number of nitrogens with zero attached hydrogens (tertiary/aromatic N) is 1. The molecule has 1 aliphatic rings. The third kappa shape index (κ3) is 4.86. The molecule has 0 aromatic carbocycles. The van der Waals surface area contributed by atoms with E-state index in [4.69, 9.17) is 0 Å². The maximum Gasteiger partial charge on any atom is 0.220 e. The van der Waals surface area contributed by atoms with Crippen molar-refractivity contribution in [2.24, 2.45) is 0 Å². The number of hydrogen-bond acceptors (Lipinski definition) is 3. The number of carbonyl (C=O) groups excluding carboxylic acids is 1. The summed E-state index contributed by atoms with van der Waals surface area (Å²) in [7, 11) is 0. The van der Waals surface area contributed by atoms with E-state index in [2.05, 4.69) is 16.6 Å². The molecule has 2 unspecified atom stereocenters. The molecular formula is C15H22N2OS. The Morgan fingerprint density at radius 2 is 2.42 bits per heavy atom. The van der Waals surface area contributed by atoms with E-state index in [1.165, 1.54) is 12.8 Å². The quantitative estimate of drug-likeness (QED) is 0.900. The fourth-order valence-corrected chi connectivity index (χ4v) is 3.42. The fourth-order valence-electron chi connectivity index (χ4n) is 2.59. The van der Waals surface area contributed by atoms with Crippen LogP contribution in [0.3, 0.4) is 0 Å². The first-order chi connectivity index (χ1) is 9.28. The molecule has 1 heterocycles. The van der Waals surface area contributed by atoms with Gasteiger partial charge >= 0.3 is 0 Å². The molecule has 0 saturated heterocycles. The lowest BCUT2D eigenvalue weighted by molar-refractivity contribution is -0.121. The number of pyridine rings is 1. The van der Waals surface area contributed by atoms with Crippen molar-refractivity contribution in [2.45, 2.75) is 49.8 Å². The van der Waals surface area contributed by atoms with Crippen LogP contribution in [0.2, 0.25) is 0 Å². The Morgan fingerprint density at radius 1 is 1.53 bits per heavy atom. The molecule has 1 N–H and O–H groups in total. The van der Waals surface area contributed by atoms with Crippen LogP contribution < -0.4 is 5.32 Å². The Bertz CT molecular complexity index is 396. The lowest BCUT2D eigenvalue weighted by Gasteiger charge is -2.28. The molecule has 0 bridgehead atoms. The van der Waals surface area contributed by atoms with Crippen LogP contribution in [0, 0.1) is 0 Å². The summed E-state index contributed by atoms with van der Waals surface area (Å²) in [6.45, 7) is 0. The molecular weight excluding hydrogens is 256 g/mol. The minimum absolute atomic E-state index is 0.176. The summed E-state index contributed by atoms with van der Waals surface area (Å²) < 4.78 is 0. The number of hydrogen-bond donors (Lipinski definition) is 1. The molecule has 0 radical (unpaired) electrons. The number of nitrogens with one attached hydrogen (secondary N) is 1. The summed E-state index contributed by atoms with van der Waals surface area (Å²) in [6.07, 6.45) is 11.9. The van der Waals surface area contributed by atoms with Crippen LogP contribution in [0.25, 0.3) is 0 Å². The van der Waals surface area contributed by atoms with E-state index < -0.39 is 0 Å². The van der Waals surface area contributed by atoms with Crippen molar-refractivity contribution < 1.29 is 4.79 Å². The molecule has 3 nitrogen and oxygen atoms in total. The highest BCUT2D eigenvalue weighted by atomic mass is 32.2. The van der Waals surface area contributed by atoms with E-state index in [0.717, 1.165) is 30.1 Å². The Kier molecular flexibility index (Phi) is 5.70. The van der Waals surface area contributed by atoms with Crippen LogP contribution in [-0.2, 0) is 11.2 Å². The van der Waals surface area contributed by atoms with Crippen LogP contribution in [0.1, 0.15) is 37.7 Å². The molecule has 1 saturated carbocycles. The van der Waals surface area contributed by atoms with E-state index in [1.54, 1.807) is 6.20 Å². The van der Waals surface area contributed by atoms with Gasteiger partial charge in [0.05, 0.1) is 0 Å². The van der Waals surface area contributed by atoms with Gasteiger partial charge in [0.15, 0.2) is 0 Å². The van der Waals surface area contributed by atoms with Gasteiger partial charge in [-0.2, -0.15) is 11.8 Å². The first-order valence-corrected chi connectivity index (χ1v) is 8.28. The van der Waals surface area contributed by atoms with Crippen LogP contribution in [0.15, 0.2) is 24.5 Å². The molecule has 1 aromatic heterocycles. The van der Waals surface area contributed by atoms with Crippen molar-refractivity contribution in [3.63, 3.8) is 0 Å². The van der Waals surface area contributed by atoms with E-state index in [1.807, 2.05) is 30.1 Å². The zero-order valence-corrected chi connectivity index (χ0v) is 12.3. The third-order valence-electron chi connectivity index (χ3n) is 3.69. The molecule has 19 heavy (non-hydrogen) atoms. The Labute approximate surface area is 119 Å². The predicted molar refractivity (Wildman–Crippen MR) is 80.3 cm³/mol. The maximum absolute atomic E-state index is 11.9. The number of thioether (sulfide) groups is 1. The van der Waals surface area contributed by atoms with Crippen molar-refractivity contribution in [3.8, 4) is 0 Å². The minimum atomic E-state index is 0.176. The molecule has 1 aromatic rings. The molecule has 0 spiro atoms. The smallest absolute Gasteiger partial charge is 0.220 e. The molecule has 1 fully saturated rings. The van der Waals surface area contributed by atoms with Gasteiger partial charge in [-0.25, -0.2) is 0 Å². The van der Waals surface area contributed by atoms with E-state index in [9.17, 15) is 4.79 Å². The van der Waals surface area contributed by atoms with Gasteiger partial charge in [0.2, 0.25) is 5.91 Å². The van der Waals surface area contributed by atoms with E-state index in [0.29, 0.717) is 12.5 Å². The first kappa shape index (κ1) is 14.4. The molecule has 104 valence electrons. The van der Waals surface area contributed by atoms with Crippen LogP contribution in [0.5, 0.6) is 0 Å². The van der Waals surface area contributed by atoms with Crippen LogP contribution in [-0.4, -0.2) is 28.4 Å². The predicted octanol–water partition coefficient (Wildman–Crippen LogP) is 2.80. The van der Waals surface area contributed by atoms with Crippen LogP contribution >= 0.6 is 11.8 Å². The topological polar surface area (TPSA) is 42.0 Å². The zero-order chi connectivity index (χ0) is 13.5. The minimum Gasteiger partial charge on any atom is -0.353 e. The summed E-state index contributed by atoms with van der Waals surface area (Å²) in [5, 5.41) is 3.90. The van der Waals surface area contributed by atoms with Crippen molar-refractivity contribution >= 4 is 17.7 Å². The Balaban J connectivity index is 1.72. The summed E-state index contributed by atoms with van der Waals surface area (Å²) in [6, 6.07) is 4.31. The maximum atomic E-state index is 11.9.